The Balaban J connectivity index is 1.79. The highest BCUT2D eigenvalue weighted by Gasteiger charge is 2.06. The molecule has 7 nitrogen and oxygen atoms in total. The summed E-state index contributed by atoms with van der Waals surface area (Å²) in [7, 11) is 1.41. The Kier molecular flexibility index (Phi) is 6.32. The molecule has 0 aliphatic carbocycles. The lowest BCUT2D eigenvalue weighted by Crippen LogP contribution is -2.01. The van der Waals surface area contributed by atoms with E-state index in [2.05, 4.69) is 25.0 Å². The molecule has 2 heterocycles. The van der Waals surface area contributed by atoms with E-state index in [1.807, 2.05) is 12.5 Å². The summed E-state index contributed by atoms with van der Waals surface area (Å²) in [6, 6.07) is 0. The number of nitrogens with zero attached hydrogens (tertiary/aromatic N) is 5. The molecule has 0 aliphatic rings. The number of methoxy groups -OCH3 is 1. The van der Waals surface area contributed by atoms with Gasteiger partial charge in [0, 0.05) is 30.9 Å². The van der Waals surface area contributed by atoms with Gasteiger partial charge in [-0.1, -0.05) is 23.4 Å². The molecule has 2 rings (SSSR count). The number of ether oxygens (including phenoxy) is 1. The van der Waals surface area contributed by atoms with Crippen molar-refractivity contribution in [3.63, 3.8) is 0 Å². The summed E-state index contributed by atoms with van der Waals surface area (Å²) >= 11 is 1.50. The van der Waals surface area contributed by atoms with E-state index < -0.39 is 0 Å². The number of aromatic nitrogens is 5. The van der Waals surface area contributed by atoms with Gasteiger partial charge in [0.15, 0.2) is 5.16 Å². The lowest BCUT2D eigenvalue weighted by molar-refractivity contribution is -0.140. The van der Waals surface area contributed by atoms with Gasteiger partial charge in [0.2, 0.25) is 0 Å². The average molecular weight is 321 g/mol. The van der Waals surface area contributed by atoms with Crippen LogP contribution in [0.1, 0.15) is 25.7 Å². The molecule has 2 aromatic rings. The van der Waals surface area contributed by atoms with Gasteiger partial charge in [-0.2, -0.15) is 0 Å². The van der Waals surface area contributed by atoms with Crippen molar-refractivity contribution >= 4 is 17.7 Å². The van der Waals surface area contributed by atoms with Crippen molar-refractivity contribution in [3.8, 4) is 11.3 Å². The minimum Gasteiger partial charge on any atom is -0.469 e. The zero-order valence-corrected chi connectivity index (χ0v) is 13.5. The van der Waals surface area contributed by atoms with E-state index in [1.54, 1.807) is 17.1 Å². The van der Waals surface area contributed by atoms with Crippen molar-refractivity contribution in [3.05, 3.63) is 18.6 Å². The number of carbonyl (C=O) groups is 1. The van der Waals surface area contributed by atoms with Crippen LogP contribution in [0.3, 0.4) is 0 Å². The summed E-state index contributed by atoms with van der Waals surface area (Å²) in [4.78, 5) is 19.4. The summed E-state index contributed by atoms with van der Waals surface area (Å²) < 4.78 is 6.41. The van der Waals surface area contributed by atoms with Crippen LogP contribution in [0, 0.1) is 0 Å². The molecule has 0 aromatic carbocycles. The van der Waals surface area contributed by atoms with Crippen LogP contribution in [-0.2, 0) is 16.1 Å². The van der Waals surface area contributed by atoms with Crippen LogP contribution in [0.2, 0.25) is 0 Å². The number of hydrogen-bond donors (Lipinski definition) is 0. The molecule has 0 unspecified atom stereocenters. The summed E-state index contributed by atoms with van der Waals surface area (Å²) in [5, 5.41) is 8.97. The lowest BCUT2D eigenvalue weighted by atomic mass is 10.2. The number of hydrogen-bond acceptors (Lipinski definition) is 7. The van der Waals surface area contributed by atoms with E-state index in [4.69, 9.17) is 0 Å². The molecular formula is C14H19N5O2S. The van der Waals surface area contributed by atoms with Crippen molar-refractivity contribution in [2.45, 2.75) is 37.4 Å². The Labute approximate surface area is 133 Å². The Morgan fingerprint density at radius 3 is 2.73 bits per heavy atom. The molecule has 0 aliphatic heterocycles. The molecular weight excluding hydrogens is 302 g/mol. The standard InChI is InChI=1S/C14H19N5O2S/c1-21-13(20)6-4-3-5-7-19-10-12(17-18-19)11-8-15-14(22-2)16-9-11/h8-10H,3-7H2,1-2H3. The van der Waals surface area contributed by atoms with Crippen LogP contribution in [-0.4, -0.2) is 44.3 Å². The van der Waals surface area contributed by atoms with Crippen molar-refractivity contribution < 1.29 is 9.53 Å². The number of esters is 1. The topological polar surface area (TPSA) is 82.8 Å². The third-order valence-electron chi connectivity index (χ3n) is 3.14. The van der Waals surface area contributed by atoms with Gasteiger partial charge < -0.3 is 4.74 Å². The maximum atomic E-state index is 11.0. The summed E-state index contributed by atoms with van der Waals surface area (Å²) in [6.45, 7) is 0.776. The molecule has 0 spiro atoms. The van der Waals surface area contributed by atoms with Crippen LogP contribution >= 0.6 is 11.8 Å². The first-order valence-electron chi connectivity index (χ1n) is 7.06. The number of thioether (sulfide) groups is 1. The van der Waals surface area contributed by atoms with Gasteiger partial charge in [-0.25, -0.2) is 9.97 Å². The molecule has 0 fully saturated rings. The molecule has 0 saturated heterocycles. The minimum absolute atomic E-state index is 0.156. The predicted octanol–water partition coefficient (Wildman–Crippen LogP) is 2.19. The average Bonchev–Trinajstić information content (AvgIpc) is 3.03. The SMILES string of the molecule is COC(=O)CCCCCn1cc(-c2cnc(SC)nc2)nn1. The summed E-state index contributed by atoms with van der Waals surface area (Å²) in [5.41, 5.74) is 1.62. The summed E-state index contributed by atoms with van der Waals surface area (Å²) in [5.74, 6) is -0.156. The number of unbranched alkanes of at least 4 members (excludes halogenated alkanes) is 2. The molecule has 0 atom stereocenters. The lowest BCUT2D eigenvalue weighted by Gasteiger charge is -2.00. The van der Waals surface area contributed by atoms with Crippen molar-refractivity contribution in [1.29, 1.82) is 0 Å². The Morgan fingerprint density at radius 1 is 1.27 bits per heavy atom. The molecule has 0 amide bonds. The van der Waals surface area contributed by atoms with Gasteiger partial charge >= 0.3 is 5.97 Å². The third-order valence-corrected chi connectivity index (χ3v) is 3.72. The largest absolute Gasteiger partial charge is 0.469 e. The Hall–Kier alpha value is -1.96. The smallest absolute Gasteiger partial charge is 0.305 e. The normalized spacial score (nSPS) is 10.6. The second kappa shape index (κ2) is 8.47. The molecule has 22 heavy (non-hydrogen) atoms. The Morgan fingerprint density at radius 2 is 2.05 bits per heavy atom. The second-order valence-electron chi connectivity index (χ2n) is 4.71. The van der Waals surface area contributed by atoms with Gasteiger partial charge in [0.05, 0.1) is 13.3 Å². The van der Waals surface area contributed by atoms with Crippen LogP contribution in [0.15, 0.2) is 23.7 Å². The molecule has 0 bridgehead atoms. The molecule has 0 N–H and O–H groups in total. The molecule has 118 valence electrons. The zero-order chi connectivity index (χ0) is 15.8. The second-order valence-corrected chi connectivity index (χ2v) is 5.49. The number of carbonyl (C=O) groups excluding carboxylic acids is 1. The summed E-state index contributed by atoms with van der Waals surface area (Å²) in [6.07, 6.45) is 10.5. The minimum atomic E-state index is -0.156. The van der Waals surface area contributed by atoms with Crippen LogP contribution in [0.25, 0.3) is 11.3 Å². The van der Waals surface area contributed by atoms with Gasteiger partial charge in [-0.05, 0) is 19.1 Å². The predicted molar refractivity (Wildman–Crippen MR) is 83.3 cm³/mol. The number of rotatable bonds is 8. The van der Waals surface area contributed by atoms with E-state index in [1.165, 1.54) is 18.9 Å². The molecule has 0 radical (unpaired) electrons. The van der Waals surface area contributed by atoms with E-state index in [0.717, 1.165) is 42.2 Å². The molecule has 8 heteroatoms. The monoisotopic (exact) mass is 321 g/mol. The van der Waals surface area contributed by atoms with Crippen molar-refractivity contribution in [2.24, 2.45) is 0 Å². The highest BCUT2D eigenvalue weighted by molar-refractivity contribution is 7.98. The fourth-order valence-electron chi connectivity index (χ4n) is 1.92. The quantitative estimate of drug-likeness (QED) is 0.319. The maximum absolute atomic E-state index is 11.0. The van der Waals surface area contributed by atoms with Gasteiger partial charge in [0.1, 0.15) is 5.69 Å². The van der Waals surface area contributed by atoms with Gasteiger partial charge in [-0.3, -0.25) is 9.48 Å². The highest BCUT2D eigenvalue weighted by Crippen LogP contribution is 2.16. The van der Waals surface area contributed by atoms with Crippen LogP contribution < -0.4 is 0 Å². The zero-order valence-electron chi connectivity index (χ0n) is 12.7. The van der Waals surface area contributed by atoms with E-state index in [9.17, 15) is 4.79 Å². The molecule has 2 aromatic heterocycles. The van der Waals surface area contributed by atoms with Crippen LogP contribution in [0.4, 0.5) is 0 Å². The fraction of sp³-hybridized carbons (Fsp3) is 0.500. The van der Waals surface area contributed by atoms with Crippen molar-refractivity contribution in [2.75, 3.05) is 13.4 Å². The molecule has 0 saturated carbocycles. The fourth-order valence-corrected chi connectivity index (χ4v) is 2.23. The Bertz CT molecular complexity index is 600. The van der Waals surface area contributed by atoms with Gasteiger partial charge in [-0.15, -0.1) is 5.10 Å². The first-order chi connectivity index (χ1) is 10.7. The first kappa shape index (κ1) is 16.4. The third kappa shape index (κ3) is 4.80. The van der Waals surface area contributed by atoms with Gasteiger partial charge in [0.25, 0.3) is 0 Å². The van der Waals surface area contributed by atoms with Crippen LogP contribution in [0.5, 0.6) is 0 Å². The van der Waals surface area contributed by atoms with E-state index >= 15 is 0 Å². The maximum Gasteiger partial charge on any atom is 0.305 e. The first-order valence-corrected chi connectivity index (χ1v) is 8.28. The highest BCUT2D eigenvalue weighted by atomic mass is 32.2. The van der Waals surface area contributed by atoms with E-state index in [-0.39, 0.29) is 5.97 Å². The number of aryl methyl sites for hydroxylation is 1. The van der Waals surface area contributed by atoms with E-state index in [0.29, 0.717) is 6.42 Å². The van der Waals surface area contributed by atoms with Crippen molar-refractivity contribution in [1.82, 2.24) is 25.0 Å².